The molecule has 0 aliphatic carbocycles. The lowest BCUT2D eigenvalue weighted by atomic mass is 10.1. The van der Waals surface area contributed by atoms with E-state index in [1.54, 1.807) is 49.4 Å². The summed E-state index contributed by atoms with van der Waals surface area (Å²) in [4.78, 5) is 21.9. The van der Waals surface area contributed by atoms with Gasteiger partial charge in [-0.2, -0.15) is 0 Å². The Labute approximate surface area is 197 Å². The van der Waals surface area contributed by atoms with Crippen LogP contribution in [-0.4, -0.2) is 55.6 Å². The average Bonchev–Trinajstić information content (AvgIpc) is 3.22. The Balaban J connectivity index is 1.37. The van der Waals surface area contributed by atoms with E-state index in [0.717, 1.165) is 44.6 Å². The lowest BCUT2D eigenvalue weighted by molar-refractivity contribution is -0.130. The van der Waals surface area contributed by atoms with Crippen LogP contribution in [0.15, 0.2) is 41.3 Å². The summed E-state index contributed by atoms with van der Waals surface area (Å²) < 4.78 is 25.6. The molecule has 170 valence electrons. The van der Waals surface area contributed by atoms with Gasteiger partial charge in [-0.15, -0.1) is 0 Å². The van der Waals surface area contributed by atoms with E-state index in [0.29, 0.717) is 18.0 Å². The van der Waals surface area contributed by atoms with Crippen molar-refractivity contribution in [2.75, 3.05) is 31.1 Å². The number of thiazole rings is 1. The number of hydrogen-bond acceptors (Lipinski definition) is 6. The zero-order valence-electron chi connectivity index (χ0n) is 18.3. The molecule has 3 aromatic rings. The lowest BCUT2D eigenvalue weighted by Crippen LogP contribution is -2.49. The summed E-state index contributed by atoms with van der Waals surface area (Å²) in [6, 6.07) is 10.6. The van der Waals surface area contributed by atoms with Crippen molar-refractivity contribution in [3.8, 4) is 0 Å². The minimum absolute atomic E-state index is 0.0519. The second-order valence-electron chi connectivity index (χ2n) is 8.30. The van der Waals surface area contributed by atoms with Gasteiger partial charge >= 0.3 is 0 Å². The second-order valence-corrected chi connectivity index (χ2v) is 12.2. The Morgan fingerprint density at radius 1 is 1.09 bits per heavy atom. The van der Waals surface area contributed by atoms with Crippen LogP contribution in [0.3, 0.4) is 0 Å². The number of anilines is 1. The number of rotatable bonds is 5. The third kappa shape index (κ3) is 4.49. The first kappa shape index (κ1) is 23.0. The highest BCUT2D eigenvalue weighted by molar-refractivity contribution is 7.92. The maximum Gasteiger partial charge on any atom is 0.227 e. The number of sulfone groups is 1. The van der Waals surface area contributed by atoms with Gasteiger partial charge in [-0.05, 0) is 56.2 Å². The second kappa shape index (κ2) is 9.00. The monoisotopic (exact) mass is 491 g/mol. The Hall–Kier alpha value is -2.16. The third-order valence-electron chi connectivity index (χ3n) is 5.87. The van der Waals surface area contributed by atoms with Gasteiger partial charge in [-0.1, -0.05) is 35.1 Å². The Kier molecular flexibility index (Phi) is 6.47. The van der Waals surface area contributed by atoms with Gasteiger partial charge in [0, 0.05) is 31.2 Å². The fraction of sp³-hybridized carbons (Fsp3) is 0.391. The smallest absolute Gasteiger partial charge is 0.227 e. The molecule has 32 heavy (non-hydrogen) atoms. The number of benzene rings is 2. The van der Waals surface area contributed by atoms with Crippen molar-refractivity contribution in [3.63, 3.8) is 0 Å². The van der Waals surface area contributed by atoms with E-state index in [1.807, 2.05) is 24.0 Å². The maximum absolute atomic E-state index is 12.8. The van der Waals surface area contributed by atoms with Crippen molar-refractivity contribution in [1.82, 2.24) is 9.88 Å². The zero-order chi connectivity index (χ0) is 23.0. The van der Waals surface area contributed by atoms with Gasteiger partial charge in [0.05, 0.1) is 26.8 Å². The Morgan fingerprint density at radius 3 is 2.38 bits per heavy atom. The summed E-state index contributed by atoms with van der Waals surface area (Å²) in [6.07, 6.45) is 0.265. The summed E-state index contributed by atoms with van der Waals surface area (Å²) in [5.41, 5.74) is 2.75. The zero-order valence-corrected chi connectivity index (χ0v) is 20.7. The summed E-state index contributed by atoms with van der Waals surface area (Å²) in [5.74, 6) is 0.0519. The fourth-order valence-electron chi connectivity index (χ4n) is 3.73. The molecule has 0 radical (unpaired) electrons. The molecule has 0 unspecified atom stereocenters. The van der Waals surface area contributed by atoms with Gasteiger partial charge in [0.1, 0.15) is 0 Å². The highest BCUT2D eigenvalue weighted by Crippen LogP contribution is 2.33. The number of nitrogens with zero attached hydrogens (tertiary/aromatic N) is 3. The molecule has 1 aliphatic heterocycles. The van der Waals surface area contributed by atoms with E-state index in [2.05, 4.69) is 4.90 Å². The molecule has 4 rings (SSSR count). The molecule has 1 aromatic heterocycles. The van der Waals surface area contributed by atoms with Crippen LogP contribution in [-0.2, 0) is 21.1 Å². The number of halogens is 1. The first-order chi connectivity index (χ1) is 15.2. The molecule has 0 bridgehead atoms. The maximum atomic E-state index is 12.8. The number of fused-ring (bicyclic) bond motifs is 1. The van der Waals surface area contributed by atoms with Crippen LogP contribution >= 0.6 is 22.9 Å². The molecule has 1 fully saturated rings. The number of piperazine rings is 1. The molecule has 9 heteroatoms. The number of carbonyl (C=O) groups is 1. The predicted octanol–water partition coefficient (Wildman–Crippen LogP) is 4.33. The van der Waals surface area contributed by atoms with Crippen molar-refractivity contribution >= 4 is 54.0 Å². The van der Waals surface area contributed by atoms with Crippen molar-refractivity contribution in [3.05, 3.63) is 52.5 Å². The van der Waals surface area contributed by atoms with E-state index >= 15 is 0 Å². The molecule has 6 nitrogen and oxygen atoms in total. The van der Waals surface area contributed by atoms with Crippen molar-refractivity contribution < 1.29 is 13.2 Å². The van der Waals surface area contributed by atoms with Crippen molar-refractivity contribution in [1.29, 1.82) is 0 Å². The molecule has 2 aromatic carbocycles. The van der Waals surface area contributed by atoms with Gasteiger partial charge in [-0.25, -0.2) is 13.4 Å². The lowest BCUT2D eigenvalue weighted by Gasteiger charge is -2.34. The van der Waals surface area contributed by atoms with E-state index in [9.17, 15) is 13.2 Å². The third-order valence-corrected chi connectivity index (χ3v) is 9.53. The number of carbonyl (C=O) groups excluding carboxylic acids is 1. The summed E-state index contributed by atoms with van der Waals surface area (Å²) >= 11 is 7.87. The first-order valence-corrected chi connectivity index (χ1v) is 13.3. The Morgan fingerprint density at radius 2 is 1.75 bits per heavy atom. The molecule has 0 N–H and O–H groups in total. The molecule has 1 aliphatic rings. The minimum atomic E-state index is -3.30. The highest BCUT2D eigenvalue weighted by Gasteiger charge is 2.24. The predicted molar refractivity (Wildman–Crippen MR) is 131 cm³/mol. The number of hydrogen-bond donors (Lipinski definition) is 0. The van der Waals surface area contributed by atoms with Crippen LogP contribution in [0, 0.1) is 6.92 Å². The summed E-state index contributed by atoms with van der Waals surface area (Å²) in [7, 11) is -3.30. The van der Waals surface area contributed by atoms with E-state index < -0.39 is 15.1 Å². The Bertz CT molecular complexity index is 1250. The van der Waals surface area contributed by atoms with E-state index in [-0.39, 0.29) is 12.3 Å². The average molecular weight is 492 g/mol. The van der Waals surface area contributed by atoms with Gasteiger partial charge < -0.3 is 9.80 Å². The topological polar surface area (TPSA) is 70.6 Å². The standard InChI is InChI=1S/C23H26ClN3O3S2/c1-15(2)32(29,30)18-6-4-17(5-7-18)14-21(28)26-10-12-27(13-11-26)23-25-22-16(3)19(24)8-9-20(22)31-23/h4-9,15H,10-14H2,1-3H3. The normalized spacial score (nSPS) is 15.0. The van der Waals surface area contributed by atoms with E-state index in [1.165, 1.54) is 0 Å². The first-order valence-electron chi connectivity index (χ1n) is 10.6. The quantitative estimate of drug-likeness (QED) is 0.531. The SMILES string of the molecule is Cc1c(Cl)ccc2sc(N3CCN(C(=O)Cc4ccc(S(=O)(=O)C(C)C)cc4)CC3)nc12. The highest BCUT2D eigenvalue weighted by atomic mass is 35.5. The van der Waals surface area contributed by atoms with Crippen LogP contribution in [0.2, 0.25) is 5.02 Å². The largest absolute Gasteiger partial charge is 0.345 e. The molecule has 0 spiro atoms. The molecule has 2 heterocycles. The molecular weight excluding hydrogens is 466 g/mol. The number of amides is 1. The molecule has 0 saturated carbocycles. The summed E-state index contributed by atoms with van der Waals surface area (Å²) in [6.45, 7) is 8.03. The summed E-state index contributed by atoms with van der Waals surface area (Å²) in [5, 5.41) is 1.21. The van der Waals surface area contributed by atoms with Gasteiger partial charge in [0.25, 0.3) is 0 Å². The van der Waals surface area contributed by atoms with Crippen molar-refractivity contribution in [2.45, 2.75) is 37.3 Å². The van der Waals surface area contributed by atoms with Crippen LogP contribution in [0.4, 0.5) is 5.13 Å². The molecular formula is C23H26ClN3O3S2. The van der Waals surface area contributed by atoms with Crippen LogP contribution in [0.5, 0.6) is 0 Å². The molecule has 1 saturated heterocycles. The van der Waals surface area contributed by atoms with Gasteiger partial charge in [0.15, 0.2) is 15.0 Å². The number of aromatic nitrogens is 1. The van der Waals surface area contributed by atoms with Crippen LogP contribution in [0.1, 0.15) is 25.0 Å². The van der Waals surface area contributed by atoms with Crippen molar-refractivity contribution in [2.24, 2.45) is 0 Å². The fourth-order valence-corrected chi connectivity index (χ4v) is 6.02. The minimum Gasteiger partial charge on any atom is -0.345 e. The van der Waals surface area contributed by atoms with Crippen LogP contribution in [0.25, 0.3) is 10.2 Å². The van der Waals surface area contributed by atoms with Crippen LogP contribution < -0.4 is 4.90 Å². The van der Waals surface area contributed by atoms with E-state index in [4.69, 9.17) is 16.6 Å². The van der Waals surface area contributed by atoms with Gasteiger partial charge in [0.2, 0.25) is 5.91 Å². The number of aryl methyl sites for hydroxylation is 1. The van der Waals surface area contributed by atoms with Gasteiger partial charge in [-0.3, -0.25) is 4.79 Å². The molecule has 0 atom stereocenters. The molecule has 1 amide bonds.